The fourth-order valence-corrected chi connectivity index (χ4v) is 4.25. The summed E-state index contributed by atoms with van der Waals surface area (Å²) in [6.07, 6.45) is 2.38. The minimum absolute atomic E-state index is 0.237. The molecule has 1 aliphatic rings. The molecule has 0 saturated heterocycles. The third-order valence-corrected chi connectivity index (χ3v) is 6.31. The molecule has 0 spiro atoms. The molecular formula is C26H17Cl2FN4O2. The number of fused-ring (bicyclic) bond motifs is 3. The van der Waals surface area contributed by atoms with E-state index < -0.39 is 5.82 Å². The van der Waals surface area contributed by atoms with E-state index in [0.29, 0.717) is 67.4 Å². The van der Waals surface area contributed by atoms with E-state index in [2.05, 4.69) is 15.3 Å². The van der Waals surface area contributed by atoms with E-state index in [0.717, 1.165) is 5.56 Å². The number of rotatable bonds is 5. The largest absolute Gasteiger partial charge is 0.496 e. The summed E-state index contributed by atoms with van der Waals surface area (Å²) < 4.78 is 19.9. The second-order valence-corrected chi connectivity index (χ2v) is 8.54. The zero-order valence-electron chi connectivity index (χ0n) is 18.3. The molecular weight excluding hydrogens is 490 g/mol. The molecule has 35 heavy (non-hydrogen) atoms. The van der Waals surface area contributed by atoms with E-state index in [4.69, 9.17) is 32.9 Å². The highest BCUT2D eigenvalue weighted by atomic mass is 35.5. The molecule has 0 unspecified atom stereocenters. The van der Waals surface area contributed by atoms with Crippen LogP contribution in [0, 0.1) is 5.82 Å². The van der Waals surface area contributed by atoms with Crippen molar-refractivity contribution < 1.29 is 13.9 Å². The molecule has 0 amide bonds. The van der Waals surface area contributed by atoms with Crippen LogP contribution in [0.3, 0.4) is 0 Å². The first-order chi connectivity index (χ1) is 17.0. The standard InChI is InChI=1S/C26H17Cl2FN4O2/c1-35-23-7-6-16(8-14(23)13-34)32-26-31-12-15-11-30-25(17-4-2-3-5-22(17)29)19-10-21(28)20(27)9-18(19)24(15)33-26/h2-10,12-13H,11H2,1H3,(H,31,32,33). The van der Waals surface area contributed by atoms with Gasteiger partial charge in [-0.3, -0.25) is 9.79 Å². The lowest BCUT2D eigenvalue weighted by Crippen LogP contribution is -2.07. The number of anilines is 2. The topological polar surface area (TPSA) is 76.5 Å². The molecule has 1 N–H and O–H groups in total. The average Bonchev–Trinajstić information content (AvgIpc) is 3.01. The van der Waals surface area contributed by atoms with Crippen LogP contribution in [0.25, 0.3) is 11.3 Å². The summed E-state index contributed by atoms with van der Waals surface area (Å²) in [4.78, 5) is 25.2. The molecule has 1 aliphatic heterocycles. The van der Waals surface area contributed by atoms with Gasteiger partial charge in [0.2, 0.25) is 5.95 Å². The number of hydrogen-bond acceptors (Lipinski definition) is 6. The summed E-state index contributed by atoms with van der Waals surface area (Å²) in [6.45, 7) is 0.237. The fraction of sp³-hybridized carbons (Fsp3) is 0.0769. The normalized spacial score (nSPS) is 12.2. The number of methoxy groups -OCH3 is 1. The van der Waals surface area contributed by atoms with Gasteiger partial charge in [-0.2, -0.15) is 0 Å². The molecule has 0 fully saturated rings. The Morgan fingerprint density at radius 1 is 1.03 bits per heavy atom. The van der Waals surface area contributed by atoms with E-state index in [9.17, 15) is 9.18 Å². The molecule has 9 heteroatoms. The molecule has 0 radical (unpaired) electrons. The van der Waals surface area contributed by atoms with Gasteiger partial charge in [0.05, 0.1) is 40.7 Å². The maximum atomic E-state index is 14.7. The van der Waals surface area contributed by atoms with Gasteiger partial charge in [-0.15, -0.1) is 0 Å². The summed E-state index contributed by atoms with van der Waals surface area (Å²) >= 11 is 12.7. The zero-order valence-corrected chi connectivity index (χ0v) is 19.9. The molecule has 0 saturated carbocycles. The first-order valence-electron chi connectivity index (χ1n) is 10.5. The van der Waals surface area contributed by atoms with Crippen molar-refractivity contribution in [3.8, 4) is 17.0 Å². The molecule has 3 aromatic carbocycles. The van der Waals surface area contributed by atoms with Crippen LogP contribution in [-0.2, 0) is 6.54 Å². The van der Waals surface area contributed by atoms with E-state index >= 15 is 0 Å². The van der Waals surface area contributed by atoms with E-state index in [1.807, 2.05) is 0 Å². The molecule has 5 rings (SSSR count). The van der Waals surface area contributed by atoms with Crippen molar-refractivity contribution in [1.82, 2.24) is 9.97 Å². The second kappa shape index (κ2) is 9.44. The van der Waals surface area contributed by atoms with E-state index in [-0.39, 0.29) is 6.54 Å². The number of nitrogens with zero attached hydrogens (tertiary/aromatic N) is 3. The van der Waals surface area contributed by atoms with Crippen LogP contribution < -0.4 is 10.1 Å². The van der Waals surface area contributed by atoms with Crippen LogP contribution in [0.15, 0.2) is 65.8 Å². The highest BCUT2D eigenvalue weighted by Crippen LogP contribution is 2.37. The minimum atomic E-state index is -0.395. The Labute approximate surface area is 210 Å². The summed E-state index contributed by atoms with van der Waals surface area (Å²) in [5.41, 5.74) is 4.41. The van der Waals surface area contributed by atoms with Gasteiger partial charge in [0, 0.05) is 34.1 Å². The van der Waals surface area contributed by atoms with Crippen molar-refractivity contribution >= 4 is 46.8 Å². The number of aromatic nitrogens is 2. The predicted octanol–water partition coefficient (Wildman–Crippen LogP) is 6.51. The van der Waals surface area contributed by atoms with E-state index in [1.54, 1.807) is 54.7 Å². The van der Waals surface area contributed by atoms with Gasteiger partial charge in [0.25, 0.3) is 0 Å². The Morgan fingerprint density at radius 3 is 2.54 bits per heavy atom. The lowest BCUT2D eigenvalue weighted by Gasteiger charge is -2.14. The highest BCUT2D eigenvalue weighted by Gasteiger charge is 2.24. The predicted molar refractivity (Wildman–Crippen MR) is 135 cm³/mol. The lowest BCUT2D eigenvalue weighted by molar-refractivity contribution is 0.112. The SMILES string of the molecule is COc1ccc(Nc2ncc3c(n2)-c2cc(Cl)c(Cl)cc2C(c2ccccc2F)=NC3)cc1C=O. The molecule has 4 aromatic rings. The first kappa shape index (κ1) is 23.0. The maximum Gasteiger partial charge on any atom is 0.227 e. The van der Waals surface area contributed by atoms with Crippen LogP contribution >= 0.6 is 23.2 Å². The van der Waals surface area contributed by atoms with E-state index in [1.165, 1.54) is 13.2 Å². The summed E-state index contributed by atoms with van der Waals surface area (Å²) in [5, 5.41) is 3.78. The molecule has 1 aromatic heterocycles. The molecule has 174 valence electrons. The molecule has 2 heterocycles. The van der Waals surface area contributed by atoms with Crippen LogP contribution in [0.1, 0.15) is 27.0 Å². The molecule has 6 nitrogen and oxygen atoms in total. The first-order valence-corrected chi connectivity index (χ1v) is 11.3. The van der Waals surface area contributed by atoms with Gasteiger partial charge < -0.3 is 10.1 Å². The van der Waals surface area contributed by atoms with Crippen molar-refractivity contribution in [3.05, 3.63) is 98.9 Å². The summed E-state index contributed by atoms with van der Waals surface area (Å²) in [7, 11) is 1.50. The number of aldehydes is 1. The number of carbonyl (C=O) groups excluding carboxylic acids is 1. The number of carbonyl (C=O) groups is 1. The number of hydrogen-bond donors (Lipinski definition) is 1. The third kappa shape index (κ3) is 4.36. The van der Waals surface area contributed by atoms with Crippen molar-refractivity contribution in [1.29, 1.82) is 0 Å². The number of ether oxygens (including phenoxy) is 1. The van der Waals surface area contributed by atoms with Crippen LogP contribution in [0.2, 0.25) is 10.0 Å². The molecule has 0 bridgehead atoms. The number of benzene rings is 3. The van der Waals surface area contributed by atoms with Crippen LogP contribution in [0.5, 0.6) is 5.75 Å². The number of halogens is 3. The number of nitrogens with one attached hydrogen (secondary N) is 1. The van der Waals surface area contributed by atoms with Crippen molar-refractivity contribution in [3.63, 3.8) is 0 Å². The Morgan fingerprint density at radius 2 is 1.80 bits per heavy atom. The monoisotopic (exact) mass is 506 g/mol. The third-order valence-electron chi connectivity index (χ3n) is 5.58. The molecule has 0 aliphatic carbocycles. The van der Waals surface area contributed by atoms with Gasteiger partial charge in [0.1, 0.15) is 11.6 Å². The quantitative estimate of drug-likeness (QED) is 0.312. The maximum absolute atomic E-state index is 14.7. The second-order valence-electron chi connectivity index (χ2n) is 7.72. The van der Waals surface area contributed by atoms with Gasteiger partial charge in [-0.05, 0) is 42.5 Å². The van der Waals surface area contributed by atoms with Gasteiger partial charge >= 0.3 is 0 Å². The Hall–Kier alpha value is -3.81. The average molecular weight is 507 g/mol. The highest BCUT2D eigenvalue weighted by molar-refractivity contribution is 6.42. The Kier molecular flexibility index (Phi) is 6.19. The van der Waals surface area contributed by atoms with Crippen molar-refractivity contribution in [2.45, 2.75) is 6.54 Å². The smallest absolute Gasteiger partial charge is 0.227 e. The fourth-order valence-electron chi connectivity index (χ4n) is 3.92. The van der Waals surface area contributed by atoms with Crippen LogP contribution in [-0.4, -0.2) is 29.1 Å². The van der Waals surface area contributed by atoms with Gasteiger partial charge in [-0.1, -0.05) is 35.3 Å². The zero-order chi connectivity index (χ0) is 24.5. The minimum Gasteiger partial charge on any atom is -0.496 e. The molecule has 0 atom stereocenters. The Balaban J connectivity index is 1.62. The van der Waals surface area contributed by atoms with Crippen molar-refractivity contribution in [2.75, 3.05) is 12.4 Å². The Bertz CT molecular complexity index is 1510. The lowest BCUT2D eigenvalue weighted by atomic mass is 9.95. The van der Waals surface area contributed by atoms with Gasteiger partial charge in [0.15, 0.2) is 6.29 Å². The van der Waals surface area contributed by atoms with Crippen LogP contribution in [0.4, 0.5) is 16.0 Å². The number of aliphatic imine (C=N–C) groups is 1. The van der Waals surface area contributed by atoms with Crippen molar-refractivity contribution in [2.24, 2.45) is 4.99 Å². The summed E-state index contributed by atoms with van der Waals surface area (Å²) in [6, 6.07) is 14.9. The summed E-state index contributed by atoms with van der Waals surface area (Å²) in [5.74, 6) is 0.372. The van der Waals surface area contributed by atoms with Gasteiger partial charge in [-0.25, -0.2) is 14.4 Å².